The highest BCUT2D eigenvalue weighted by atomic mass is 32.2. The van der Waals surface area contributed by atoms with Crippen molar-refractivity contribution in [1.82, 2.24) is 0 Å². The van der Waals surface area contributed by atoms with E-state index < -0.39 is 0 Å². The Labute approximate surface area is 410 Å². The SMILES string of the molecule is Cc1ccc2c3c(ccc2c1)C12c4c5c6c7c8c9c%10c%11c%12c%13c%14c%15c(c%16c%13c%10c7c4-%16)C1(S3)C1C%15C3c4c7c%10c%13c%15c%16c%17c%18c%19c%20c%21c%22c%23c(c4c4c%22c%19c%16c%104)C3C%14C%12C%23C%21C%11C9C%20C%18C8C6C%17C%15C5C2C%13C71. The maximum absolute atomic E-state index is 2.88. The van der Waals surface area contributed by atoms with E-state index in [0.717, 1.165) is 0 Å². The largest absolute Gasteiger partial charge is 0.112 e. The molecular weight excluding hydrogens is 885 g/mol. The molecule has 0 amide bonds. The summed E-state index contributed by atoms with van der Waals surface area (Å²) < 4.78 is 0.0298. The summed E-state index contributed by atoms with van der Waals surface area (Å²) in [6, 6.07) is 13.3. The molecule has 1 heteroatoms. The lowest BCUT2D eigenvalue weighted by Gasteiger charge is -2.65. The van der Waals surface area contributed by atoms with Gasteiger partial charge in [-0.2, -0.15) is 0 Å². The lowest BCUT2D eigenvalue weighted by Crippen LogP contribution is -2.62. The van der Waals surface area contributed by atoms with Crippen molar-refractivity contribution in [3.8, 4) is 11.1 Å². The van der Waals surface area contributed by atoms with Gasteiger partial charge in [-0.1, -0.05) is 35.9 Å². The van der Waals surface area contributed by atoms with Gasteiger partial charge in [0, 0.05) is 10.3 Å². The number of thioether (sulfide) groups is 1. The predicted molar refractivity (Wildman–Crippen MR) is 279 cm³/mol. The van der Waals surface area contributed by atoms with Gasteiger partial charge in [0.15, 0.2) is 0 Å². The number of fused-ring (bicyclic) bond motifs is 3. The number of benzene rings is 11. The highest BCUT2D eigenvalue weighted by Crippen LogP contribution is 3.01. The average molecular weight is 913 g/mol. The Morgan fingerprint density at radius 3 is 1.15 bits per heavy atom. The van der Waals surface area contributed by atoms with Gasteiger partial charge in [-0.25, -0.2) is 0 Å². The number of rotatable bonds is 0. The number of hydrogen-bond donors (Lipinski definition) is 0. The van der Waals surface area contributed by atoms with Gasteiger partial charge in [0.25, 0.3) is 0 Å². The van der Waals surface area contributed by atoms with E-state index in [9.17, 15) is 0 Å². The van der Waals surface area contributed by atoms with Crippen LogP contribution in [0.5, 0.6) is 0 Å². The third-order valence-corrected chi connectivity index (χ3v) is 33.1. The van der Waals surface area contributed by atoms with E-state index in [1.807, 2.05) is 203 Å². The summed E-state index contributed by atoms with van der Waals surface area (Å²) in [5, 5.41) is 33.8. The first-order chi connectivity index (χ1) is 35.8. The molecule has 72 heavy (non-hydrogen) atoms. The molecule has 12 aromatic rings. The van der Waals surface area contributed by atoms with E-state index in [0.29, 0.717) is 118 Å². The van der Waals surface area contributed by atoms with E-state index in [-0.39, 0.29) is 10.2 Å². The molecule has 0 aromatic heterocycles. The predicted octanol–water partition coefficient (Wildman–Crippen LogP) is 16.0. The van der Waals surface area contributed by atoms with E-state index >= 15 is 0 Å². The molecule has 22 unspecified atom stereocenters. The smallest absolute Gasteiger partial charge is 0.0645 e. The maximum Gasteiger partial charge on any atom is 0.0645 e. The Kier molecular flexibility index (Phi) is 2.62. The first-order valence-corrected chi connectivity index (χ1v) is 30.1. The molecule has 0 bridgehead atoms. The van der Waals surface area contributed by atoms with Gasteiger partial charge in [-0.15, -0.1) is 11.8 Å². The summed E-state index contributed by atoms with van der Waals surface area (Å²) in [7, 11) is 0. The van der Waals surface area contributed by atoms with Crippen molar-refractivity contribution in [1.29, 1.82) is 0 Å². The van der Waals surface area contributed by atoms with Crippen LogP contribution in [0.25, 0.3) is 108 Å². The lowest BCUT2D eigenvalue weighted by atomic mass is 9.39. The Morgan fingerprint density at radius 2 is 0.667 bits per heavy atom. The van der Waals surface area contributed by atoms with Crippen molar-refractivity contribution < 1.29 is 0 Å². The molecule has 1 saturated carbocycles. The zero-order valence-electron chi connectivity index (χ0n) is 38.3. The molecule has 1 aliphatic heterocycles. The van der Waals surface area contributed by atoms with Crippen molar-refractivity contribution >= 4 is 109 Å². The fourth-order valence-corrected chi connectivity index (χ4v) is 34.9. The van der Waals surface area contributed by atoms with Crippen LogP contribution in [-0.4, -0.2) is 0 Å². The molecule has 35 rings (SSSR count). The Balaban J connectivity index is 0.999. The monoisotopic (exact) mass is 912 g/mol. The minimum absolute atomic E-state index is 0.000375. The zero-order chi connectivity index (χ0) is 42.6. The van der Waals surface area contributed by atoms with Gasteiger partial charge in [0.2, 0.25) is 0 Å². The minimum Gasteiger partial charge on any atom is -0.112 e. The normalized spacial score (nSPS) is 47.0. The van der Waals surface area contributed by atoms with Crippen molar-refractivity contribution in [3.05, 3.63) is 153 Å². The molecule has 23 aliphatic rings. The van der Waals surface area contributed by atoms with Crippen molar-refractivity contribution in [2.75, 3.05) is 0 Å². The molecule has 22 atom stereocenters. The minimum atomic E-state index is -0.000375. The second-order valence-electron chi connectivity index (χ2n) is 30.3. The second-order valence-corrected chi connectivity index (χ2v) is 31.5. The summed E-state index contributed by atoms with van der Waals surface area (Å²) in [4.78, 5) is 1.74. The Hall–Kier alpha value is -5.89. The van der Waals surface area contributed by atoms with Crippen LogP contribution in [0, 0.1) is 18.8 Å². The van der Waals surface area contributed by atoms with Gasteiger partial charge in [-0.3, -0.25) is 0 Å². The molecule has 0 nitrogen and oxygen atoms in total. The van der Waals surface area contributed by atoms with E-state index in [1.165, 1.54) is 10.9 Å². The van der Waals surface area contributed by atoms with Crippen LogP contribution in [-0.2, 0) is 10.2 Å². The van der Waals surface area contributed by atoms with E-state index in [4.69, 9.17) is 0 Å². The highest BCUT2D eigenvalue weighted by molar-refractivity contribution is 8.01. The van der Waals surface area contributed by atoms with Crippen molar-refractivity contribution in [2.24, 2.45) is 11.8 Å². The van der Waals surface area contributed by atoms with E-state index in [2.05, 4.69) is 60.1 Å². The highest BCUT2D eigenvalue weighted by Gasteiger charge is 2.89. The molecule has 2 spiro atoms. The van der Waals surface area contributed by atoms with Gasteiger partial charge >= 0.3 is 0 Å². The summed E-state index contributed by atoms with van der Waals surface area (Å²) in [5.74, 6) is 13.2. The Bertz CT molecular complexity index is 5800. The fraction of sp³-hybridized carbons (Fsp3) is 0.324. The summed E-state index contributed by atoms with van der Waals surface area (Å²) in [6.45, 7) is 2.35. The molecule has 318 valence electrons. The first kappa shape index (κ1) is 28.5. The summed E-state index contributed by atoms with van der Waals surface area (Å²) in [6.07, 6.45) is 0. The lowest BCUT2D eigenvalue weighted by molar-refractivity contribution is 0.0342. The second kappa shape index (κ2) is 6.62. The zero-order valence-corrected chi connectivity index (χ0v) is 39.2. The Morgan fingerprint density at radius 1 is 0.319 bits per heavy atom. The molecule has 0 N–H and O–H groups in total. The number of aryl methyl sites for hydroxylation is 1. The molecule has 0 radical (unpaired) electrons. The quantitative estimate of drug-likeness (QED) is 0.137. The molecule has 1 fully saturated rings. The van der Waals surface area contributed by atoms with Gasteiger partial charge < -0.3 is 0 Å². The van der Waals surface area contributed by atoms with Crippen molar-refractivity contribution in [2.45, 2.75) is 129 Å². The molecule has 22 aliphatic carbocycles. The van der Waals surface area contributed by atoms with Gasteiger partial charge in [0.1, 0.15) is 0 Å². The molecular formula is C71H28S. The van der Waals surface area contributed by atoms with Crippen LogP contribution >= 0.6 is 11.8 Å². The third-order valence-electron chi connectivity index (χ3n) is 31.3. The first-order valence-electron chi connectivity index (χ1n) is 29.2. The van der Waals surface area contributed by atoms with Crippen LogP contribution in [0.2, 0.25) is 0 Å². The maximum atomic E-state index is 2.88. The van der Waals surface area contributed by atoms with Gasteiger partial charge in [0.05, 0.1) is 4.75 Å². The topological polar surface area (TPSA) is 0 Å². The average Bonchev–Trinajstić information content (AvgIpc) is 4.40. The summed E-state index contributed by atoms with van der Waals surface area (Å²) in [5.41, 5.74) is 47.7. The number of hydrogen-bond acceptors (Lipinski definition) is 1. The molecule has 12 aromatic carbocycles. The van der Waals surface area contributed by atoms with Crippen LogP contribution < -0.4 is 0 Å². The summed E-state index contributed by atoms with van der Waals surface area (Å²) >= 11 is 2.59. The molecule has 0 saturated heterocycles. The van der Waals surface area contributed by atoms with Gasteiger partial charge in [-0.05, 0) is 350 Å². The van der Waals surface area contributed by atoms with E-state index in [1.54, 1.807) is 10.3 Å². The van der Waals surface area contributed by atoms with Crippen molar-refractivity contribution in [3.63, 3.8) is 0 Å². The third kappa shape index (κ3) is 1.56. The van der Waals surface area contributed by atoms with Crippen LogP contribution in [0.4, 0.5) is 0 Å². The van der Waals surface area contributed by atoms with Crippen LogP contribution in [0.15, 0.2) is 35.2 Å². The van der Waals surface area contributed by atoms with Crippen LogP contribution in [0.1, 0.15) is 229 Å². The standard InChI is InChI=1S/C71H28S/c1-7-2-4-9-8(6-7)3-5-10-69(9)72-71-67-61-55-45-33-25-17-13-11-12-15-19(17)27(33)37-31-23(15)24-16(12)20-18-14(11)22-21(13)29-35(25)43-49-39(29)40-30(22)36-26(18)34-28(20)38-32(24)42-41(31)53(47(37)55)63(67)64-54(42)48(38)56-46(34)52-44(36)50(40)58-57(49)65(59(61)51(43)45)70(10,71)66(58)60(52)62(56)68(64)71/h2-6,13,15,17,19,21,23,29,31,39-42,50,54,58,60,62,64,66,68H,1H3. The molecule has 1 heterocycles. The fourth-order valence-electron chi connectivity index (χ4n) is 32.7. The van der Waals surface area contributed by atoms with Crippen LogP contribution in [0.3, 0.4) is 0 Å².